The summed E-state index contributed by atoms with van der Waals surface area (Å²) in [5.74, 6) is -0.297. The van der Waals surface area contributed by atoms with Gasteiger partial charge in [0.25, 0.3) is 0 Å². The van der Waals surface area contributed by atoms with Crippen molar-refractivity contribution in [2.24, 2.45) is 5.41 Å². The highest BCUT2D eigenvalue weighted by atomic mass is 35.5. The standard InChI is InChI=1S/C15H16Cl2N2O/c1-10-5-6-11(16)13(12(10)17)19-14(20)15(9-18)7-3-2-4-8-15/h5-6H,2-4,7-8H2,1H3,(H,19,20). The van der Waals surface area contributed by atoms with Gasteiger partial charge in [0, 0.05) is 0 Å². The molecule has 0 spiro atoms. The normalized spacial score (nSPS) is 17.3. The Morgan fingerprint density at radius 1 is 1.30 bits per heavy atom. The Labute approximate surface area is 128 Å². The molecule has 1 aromatic carbocycles. The largest absolute Gasteiger partial charge is 0.322 e. The van der Waals surface area contributed by atoms with Gasteiger partial charge >= 0.3 is 0 Å². The first-order chi connectivity index (χ1) is 9.50. The van der Waals surface area contributed by atoms with Crippen LogP contribution >= 0.6 is 23.2 Å². The maximum atomic E-state index is 12.5. The summed E-state index contributed by atoms with van der Waals surface area (Å²) >= 11 is 12.3. The van der Waals surface area contributed by atoms with Crippen molar-refractivity contribution in [2.45, 2.75) is 39.0 Å². The minimum atomic E-state index is -0.950. The van der Waals surface area contributed by atoms with Gasteiger partial charge in [-0.1, -0.05) is 48.5 Å². The average molecular weight is 311 g/mol. The predicted octanol–water partition coefficient (Wildman–Crippen LogP) is 4.71. The van der Waals surface area contributed by atoms with Crippen molar-refractivity contribution < 1.29 is 4.79 Å². The first-order valence-electron chi connectivity index (χ1n) is 6.67. The summed E-state index contributed by atoms with van der Waals surface area (Å²) in [5, 5.41) is 13.0. The van der Waals surface area contributed by atoms with Crippen molar-refractivity contribution in [3.63, 3.8) is 0 Å². The Balaban J connectivity index is 2.28. The molecule has 0 heterocycles. The molecule has 0 unspecified atom stereocenters. The maximum Gasteiger partial charge on any atom is 0.244 e. The van der Waals surface area contributed by atoms with Crippen LogP contribution in [-0.4, -0.2) is 5.91 Å². The molecule has 1 amide bonds. The van der Waals surface area contributed by atoms with Gasteiger partial charge in [0.2, 0.25) is 5.91 Å². The second-order valence-electron chi connectivity index (χ2n) is 5.26. The molecule has 2 rings (SSSR count). The summed E-state index contributed by atoms with van der Waals surface area (Å²) in [6.45, 7) is 1.84. The molecule has 1 saturated carbocycles. The van der Waals surface area contributed by atoms with E-state index in [-0.39, 0.29) is 5.91 Å². The Kier molecular flexibility index (Phi) is 4.57. The highest BCUT2D eigenvalue weighted by Crippen LogP contribution is 2.39. The number of nitrogens with one attached hydrogen (secondary N) is 1. The number of carbonyl (C=O) groups is 1. The van der Waals surface area contributed by atoms with E-state index >= 15 is 0 Å². The van der Waals surface area contributed by atoms with Crippen LogP contribution in [0.15, 0.2) is 12.1 Å². The molecule has 1 aromatic rings. The summed E-state index contributed by atoms with van der Waals surface area (Å²) in [6, 6.07) is 5.68. The van der Waals surface area contributed by atoms with E-state index in [4.69, 9.17) is 23.2 Å². The van der Waals surface area contributed by atoms with Gasteiger partial charge in [-0.2, -0.15) is 5.26 Å². The number of nitriles is 1. The number of aryl methyl sites for hydroxylation is 1. The number of amides is 1. The molecular weight excluding hydrogens is 295 g/mol. The Hall–Kier alpha value is -1.24. The van der Waals surface area contributed by atoms with Crippen LogP contribution in [0.4, 0.5) is 5.69 Å². The number of carbonyl (C=O) groups excluding carboxylic acids is 1. The average Bonchev–Trinajstić information content (AvgIpc) is 2.48. The van der Waals surface area contributed by atoms with E-state index in [0.29, 0.717) is 28.6 Å². The van der Waals surface area contributed by atoms with Gasteiger partial charge in [0.15, 0.2) is 0 Å². The molecule has 0 bridgehead atoms. The van der Waals surface area contributed by atoms with Crippen molar-refractivity contribution in [3.05, 3.63) is 27.7 Å². The summed E-state index contributed by atoms with van der Waals surface area (Å²) in [6.07, 6.45) is 4.06. The highest BCUT2D eigenvalue weighted by molar-refractivity contribution is 6.40. The van der Waals surface area contributed by atoms with Crippen molar-refractivity contribution >= 4 is 34.8 Å². The van der Waals surface area contributed by atoms with E-state index in [2.05, 4.69) is 11.4 Å². The quantitative estimate of drug-likeness (QED) is 0.859. The third-order valence-electron chi connectivity index (χ3n) is 3.88. The minimum Gasteiger partial charge on any atom is -0.322 e. The molecule has 0 atom stereocenters. The molecule has 20 heavy (non-hydrogen) atoms. The second kappa shape index (κ2) is 6.03. The zero-order valence-corrected chi connectivity index (χ0v) is 12.8. The highest BCUT2D eigenvalue weighted by Gasteiger charge is 2.40. The van der Waals surface area contributed by atoms with Gasteiger partial charge in [0.1, 0.15) is 5.41 Å². The van der Waals surface area contributed by atoms with Crippen LogP contribution in [0.2, 0.25) is 10.0 Å². The fourth-order valence-electron chi connectivity index (χ4n) is 2.55. The predicted molar refractivity (Wildman–Crippen MR) is 81.0 cm³/mol. The molecule has 5 heteroatoms. The lowest BCUT2D eigenvalue weighted by Gasteiger charge is -2.29. The van der Waals surface area contributed by atoms with E-state index in [0.717, 1.165) is 24.8 Å². The summed E-state index contributed by atoms with van der Waals surface area (Å²) in [7, 11) is 0. The van der Waals surface area contributed by atoms with Crippen LogP contribution in [-0.2, 0) is 4.79 Å². The maximum absolute atomic E-state index is 12.5. The number of anilines is 1. The topological polar surface area (TPSA) is 52.9 Å². The third kappa shape index (κ3) is 2.77. The van der Waals surface area contributed by atoms with Gasteiger partial charge in [-0.15, -0.1) is 0 Å². The van der Waals surface area contributed by atoms with Crippen molar-refractivity contribution in [2.75, 3.05) is 5.32 Å². The minimum absolute atomic E-state index is 0.297. The molecular formula is C15H16Cl2N2O. The van der Waals surface area contributed by atoms with E-state index in [1.54, 1.807) is 12.1 Å². The summed E-state index contributed by atoms with van der Waals surface area (Å²) in [5.41, 5.74) is 0.286. The van der Waals surface area contributed by atoms with Crippen molar-refractivity contribution in [1.29, 1.82) is 5.26 Å². The van der Waals surface area contributed by atoms with Crippen LogP contribution < -0.4 is 5.32 Å². The number of benzene rings is 1. The fraction of sp³-hybridized carbons (Fsp3) is 0.467. The first-order valence-corrected chi connectivity index (χ1v) is 7.43. The van der Waals surface area contributed by atoms with Crippen LogP contribution in [0.3, 0.4) is 0 Å². The molecule has 0 saturated heterocycles. The molecule has 106 valence electrons. The van der Waals surface area contributed by atoms with Crippen LogP contribution in [0.5, 0.6) is 0 Å². The molecule has 0 aromatic heterocycles. The molecule has 1 N–H and O–H groups in total. The van der Waals surface area contributed by atoms with Gasteiger partial charge < -0.3 is 5.32 Å². The summed E-state index contributed by atoms with van der Waals surface area (Å²) < 4.78 is 0. The zero-order valence-electron chi connectivity index (χ0n) is 11.3. The Morgan fingerprint density at radius 3 is 2.55 bits per heavy atom. The molecule has 1 aliphatic carbocycles. The number of nitrogens with zero attached hydrogens (tertiary/aromatic N) is 1. The van der Waals surface area contributed by atoms with E-state index in [1.165, 1.54) is 0 Å². The fourth-order valence-corrected chi connectivity index (χ4v) is 3.01. The number of hydrogen-bond acceptors (Lipinski definition) is 2. The van der Waals surface area contributed by atoms with E-state index in [1.807, 2.05) is 6.92 Å². The van der Waals surface area contributed by atoms with Crippen LogP contribution in [0.1, 0.15) is 37.7 Å². The van der Waals surface area contributed by atoms with E-state index < -0.39 is 5.41 Å². The molecule has 0 radical (unpaired) electrons. The van der Waals surface area contributed by atoms with Gasteiger partial charge in [-0.3, -0.25) is 4.79 Å². The number of rotatable bonds is 2. The lowest BCUT2D eigenvalue weighted by atomic mass is 9.74. The molecule has 1 fully saturated rings. The third-order valence-corrected chi connectivity index (χ3v) is 4.68. The van der Waals surface area contributed by atoms with Crippen LogP contribution in [0.25, 0.3) is 0 Å². The molecule has 3 nitrogen and oxygen atoms in total. The van der Waals surface area contributed by atoms with Gasteiger partial charge in [-0.25, -0.2) is 0 Å². The lowest BCUT2D eigenvalue weighted by Crippen LogP contribution is -2.37. The van der Waals surface area contributed by atoms with Crippen LogP contribution in [0, 0.1) is 23.7 Å². The number of halogens is 2. The van der Waals surface area contributed by atoms with Crippen molar-refractivity contribution in [3.8, 4) is 6.07 Å². The zero-order chi connectivity index (χ0) is 14.8. The number of hydrogen-bond donors (Lipinski definition) is 1. The molecule has 0 aliphatic heterocycles. The SMILES string of the molecule is Cc1ccc(Cl)c(NC(=O)C2(C#N)CCCCC2)c1Cl. The lowest BCUT2D eigenvalue weighted by molar-refractivity contribution is -0.124. The monoisotopic (exact) mass is 310 g/mol. The van der Waals surface area contributed by atoms with Gasteiger partial charge in [-0.05, 0) is 31.4 Å². The smallest absolute Gasteiger partial charge is 0.244 e. The van der Waals surface area contributed by atoms with Crippen molar-refractivity contribution in [1.82, 2.24) is 0 Å². The summed E-state index contributed by atoms with van der Waals surface area (Å²) in [4.78, 5) is 12.5. The second-order valence-corrected chi connectivity index (χ2v) is 6.05. The van der Waals surface area contributed by atoms with Gasteiger partial charge in [0.05, 0.1) is 21.8 Å². The Morgan fingerprint density at radius 2 is 1.95 bits per heavy atom. The molecule has 1 aliphatic rings. The van der Waals surface area contributed by atoms with E-state index in [9.17, 15) is 10.1 Å². The Bertz CT molecular complexity index is 572. The first kappa shape index (κ1) is 15.2.